The van der Waals surface area contributed by atoms with Crippen molar-refractivity contribution in [2.45, 2.75) is 62.8 Å². The van der Waals surface area contributed by atoms with Crippen LogP contribution in [0.2, 0.25) is 9.45 Å². The quantitative estimate of drug-likeness (QED) is 0.552. The van der Waals surface area contributed by atoms with Crippen LogP contribution in [0.3, 0.4) is 0 Å². The van der Waals surface area contributed by atoms with Crippen molar-refractivity contribution in [3.05, 3.63) is 0 Å². The first kappa shape index (κ1) is 16.4. The van der Waals surface area contributed by atoms with Gasteiger partial charge in [0.15, 0.2) is 0 Å². The molecule has 0 aromatic rings. The summed E-state index contributed by atoms with van der Waals surface area (Å²) in [6.07, 6.45) is 3.52. The summed E-state index contributed by atoms with van der Waals surface area (Å²) < 4.78 is 25.9. The molecule has 0 atom stereocenters. The van der Waals surface area contributed by atoms with E-state index in [0.29, 0.717) is 22.7 Å². The number of rotatable bonds is 10. The molecule has 0 saturated heterocycles. The van der Waals surface area contributed by atoms with Crippen molar-refractivity contribution in [2.24, 2.45) is 0 Å². The zero-order valence-electron chi connectivity index (χ0n) is 11.4. The minimum absolute atomic E-state index is 0.560. The molecule has 0 heterocycles. The molecule has 0 amide bonds. The van der Waals surface area contributed by atoms with Crippen molar-refractivity contribution in [1.29, 1.82) is 0 Å². The van der Waals surface area contributed by atoms with Crippen LogP contribution in [0.25, 0.3) is 0 Å². The summed E-state index contributed by atoms with van der Waals surface area (Å²) in [5.41, 5.74) is 0. The molecule has 0 radical (unpaired) electrons. The van der Waals surface area contributed by atoms with Gasteiger partial charge in [0, 0.05) is 0 Å². The van der Waals surface area contributed by atoms with Gasteiger partial charge in [-0.3, -0.25) is 0 Å². The summed E-state index contributed by atoms with van der Waals surface area (Å²) in [4.78, 5) is 0. The van der Waals surface area contributed by atoms with E-state index in [1.165, 1.54) is 0 Å². The van der Waals surface area contributed by atoms with E-state index in [1.54, 1.807) is 0 Å². The van der Waals surface area contributed by atoms with Gasteiger partial charge in [0.1, 0.15) is 0 Å². The first-order valence-electron chi connectivity index (χ1n) is 6.73. The number of hydrogen-bond donors (Lipinski definition) is 0. The van der Waals surface area contributed by atoms with Gasteiger partial charge in [0.2, 0.25) is 0 Å². The second kappa shape index (κ2) is 7.70. The summed E-state index contributed by atoms with van der Waals surface area (Å²) in [5.74, 6) is 0. The van der Waals surface area contributed by atoms with Crippen LogP contribution in [-0.2, 0) is 26.0 Å². The standard InChI is InChI=1S/2C3H7O.2C3H7.O.Ti/c2*1-2-3-4;2*1-3-2;;/h2*2-3H2,1H3;2*1,3H2,2H3;;/q2*-1;;;;+2. The van der Waals surface area contributed by atoms with E-state index in [4.69, 9.17) is 6.64 Å². The molecule has 16 heavy (non-hydrogen) atoms. The van der Waals surface area contributed by atoms with Crippen LogP contribution in [0.1, 0.15) is 53.4 Å². The second-order valence-electron chi connectivity index (χ2n) is 4.56. The summed E-state index contributed by atoms with van der Waals surface area (Å²) in [5, 5.41) is 0. The van der Waals surface area contributed by atoms with Gasteiger partial charge in [-0.25, -0.2) is 0 Å². The van der Waals surface area contributed by atoms with Crippen molar-refractivity contribution in [2.75, 3.05) is 13.2 Å². The molecule has 0 N–H and O–H groups in total. The Kier molecular flexibility index (Phi) is 7.91. The average molecular weight is 268 g/mol. The predicted molar refractivity (Wildman–Crippen MR) is 63.4 cm³/mol. The zero-order chi connectivity index (χ0) is 12.5. The van der Waals surface area contributed by atoms with Crippen LogP contribution < -0.4 is 0 Å². The van der Waals surface area contributed by atoms with Crippen LogP contribution in [0.4, 0.5) is 0 Å². The van der Waals surface area contributed by atoms with Gasteiger partial charge in [-0.05, 0) is 0 Å². The van der Waals surface area contributed by atoms with Crippen molar-refractivity contribution < 1.29 is 26.0 Å². The summed E-state index contributed by atoms with van der Waals surface area (Å²) in [6.45, 7) is 9.28. The van der Waals surface area contributed by atoms with E-state index in [1.807, 2.05) is 27.7 Å². The Morgan fingerprint density at radius 1 is 0.750 bits per heavy atom. The van der Waals surface area contributed by atoms with E-state index >= 15 is 0 Å². The van der Waals surface area contributed by atoms with Gasteiger partial charge in [0.05, 0.1) is 0 Å². The third kappa shape index (κ3) is 5.18. The van der Waals surface area contributed by atoms with Gasteiger partial charge >= 0.3 is 102 Å². The molecule has 98 valence electrons. The Morgan fingerprint density at radius 2 is 1.12 bits per heavy atom. The first-order valence-corrected chi connectivity index (χ1v) is 10.8. The molecule has 0 saturated carbocycles. The third-order valence-corrected chi connectivity index (χ3v) is 9.95. The molecule has 0 aliphatic carbocycles. The maximum atomic E-state index is 13.1. The van der Waals surface area contributed by atoms with Crippen LogP contribution in [0.15, 0.2) is 0 Å². The Morgan fingerprint density at radius 3 is 1.38 bits per heavy atom. The van der Waals surface area contributed by atoms with Gasteiger partial charge < -0.3 is 0 Å². The van der Waals surface area contributed by atoms with E-state index in [-0.39, 0.29) is 0 Å². The average Bonchev–Trinajstić information content (AvgIpc) is 2.25. The predicted octanol–water partition coefficient (Wildman–Crippen LogP) is 4.36. The van der Waals surface area contributed by atoms with E-state index in [2.05, 4.69) is 0 Å². The molecule has 3 nitrogen and oxygen atoms in total. The molecule has 0 unspecified atom stereocenters. The van der Waals surface area contributed by atoms with Gasteiger partial charge in [-0.2, -0.15) is 0 Å². The molecule has 0 spiro atoms. The van der Waals surface area contributed by atoms with Gasteiger partial charge in [-0.1, -0.05) is 0 Å². The fourth-order valence-corrected chi connectivity index (χ4v) is 8.58. The molecule has 0 bridgehead atoms. The van der Waals surface area contributed by atoms with E-state index < -0.39 is 16.1 Å². The Bertz CT molecular complexity index is 214. The Labute approximate surface area is 102 Å². The van der Waals surface area contributed by atoms with Crippen molar-refractivity contribution in [3.8, 4) is 0 Å². The fourth-order valence-electron chi connectivity index (χ4n) is 2.08. The van der Waals surface area contributed by atoms with Crippen molar-refractivity contribution >= 4 is 0 Å². The molecular weight excluding hydrogens is 240 g/mol. The third-order valence-electron chi connectivity index (χ3n) is 2.72. The molecule has 4 heteroatoms. The van der Waals surface area contributed by atoms with Crippen LogP contribution in [0.5, 0.6) is 0 Å². The van der Waals surface area contributed by atoms with Crippen LogP contribution >= 0.6 is 0 Å². The van der Waals surface area contributed by atoms with Crippen molar-refractivity contribution in [1.82, 2.24) is 0 Å². The first-order chi connectivity index (χ1) is 7.54. The second-order valence-corrected chi connectivity index (χ2v) is 11.3. The van der Waals surface area contributed by atoms with Crippen LogP contribution in [-0.4, -0.2) is 13.2 Å². The molecule has 0 aliphatic rings. The monoisotopic (exact) mass is 268 g/mol. The van der Waals surface area contributed by atoms with E-state index in [0.717, 1.165) is 25.7 Å². The van der Waals surface area contributed by atoms with Gasteiger partial charge in [0.25, 0.3) is 0 Å². The topological polar surface area (TPSA) is 35.5 Å². The zero-order valence-corrected chi connectivity index (χ0v) is 12.9. The summed E-state index contributed by atoms with van der Waals surface area (Å²) >= 11 is -4.30. The molecule has 0 fully saturated rings. The molecular formula is C12H28O3Ti. The summed E-state index contributed by atoms with van der Waals surface area (Å²) in [7, 11) is 0. The minimum atomic E-state index is -4.30. The molecule has 0 aliphatic heterocycles. The van der Waals surface area contributed by atoms with Crippen LogP contribution in [0, 0.1) is 0 Å². The summed E-state index contributed by atoms with van der Waals surface area (Å²) in [6, 6.07) is 0. The van der Waals surface area contributed by atoms with Gasteiger partial charge in [-0.15, -0.1) is 0 Å². The van der Waals surface area contributed by atoms with Crippen molar-refractivity contribution in [3.63, 3.8) is 0 Å². The molecule has 0 aromatic heterocycles. The Balaban J connectivity index is 4.80. The Hall–Kier alpha value is 0.434. The molecule has 0 aromatic carbocycles. The molecule has 0 rings (SSSR count). The number of hydrogen-bond acceptors (Lipinski definition) is 3. The fraction of sp³-hybridized carbons (Fsp3) is 1.00. The van der Waals surface area contributed by atoms with E-state index in [9.17, 15) is 3.32 Å². The maximum absolute atomic E-state index is 13.1. The SMILES string of the molecule is CCC[O][Ti](=[O])([CH2]CC)([CH2]CC)[O]CCC. The normalized spacial score (nSPS) is 13.1.